The Bertz CT molecular complexity index is 407. The number of aliphatic hydroxyl groups excluding tert-OH is 1. The zero-order valence-electron chi connectivity index (χ0n) is 12.6. The molecular weight excluding hydrogens is 250 g/mol. The summed E-state index contributed by atoms with van der Waals surface area (Å²) in [6.07, 6.45) is 11.1. The molecule has 1 aliphatic carbocycles. The highest BCUT2D eigenvalue weighted by Gasteiger charge is 2.36. The first kappa shape index (κ1) is 16.7. The molecule has 0 aromatic heterocycles. The molecule has 20 heavy (non-hydrogen) atoms. The van der Waals surface area contributed by atoms with Crippen LogP contribution in [0.3, 0.4) is 0 Å². The lowest BCUT2D eigenvalue weighted by Crippen LogP contribution is -1.96. The average molecular weight is 277 g/mol. The van der Waals surface area contributed by atoms with E-state index in [4.69, 9.17) is 15.6 Å². The van der Waals surface area contributed by atoms with Crippen LogP contribution >= 0.6 is 0 Å². The van der Waals surface area contributed by atoms with Crippen molar-refractivity contribution < 1.29 is 9.84 Å². The highest BCUT2D eigenvalue weighted by molar-refractivity contribution is 5.35. The van der Waals surface area contributed by atoms with Crippen molar-refractivity contribution in [1.82, 2.24) is 0 Å². The lowest BCUT2D eigenvalue weighted by Gasteiger charge is -2.02. The Hall–Kier alpha value is -1.32. The van der Waals surface area contributed by atoms with Crippen LogP contribution in [-0.4, -0.2) is 25.4 Å². The standard InChI is InChI=1S/C17H27NO2/c1-13(6-7-16(20-3)8-9-18)11-14(2)17-12-15(17)5-4-10-19/h6-8,11,15,17,19H,1,4-5,9-10,12,18H2,2-3H3/b7-6-,14-11+,16-8+. The van der Waals surface area contributed by atoms with E-state index >= 15 is 0 Å². The molecular formula is C17H27NO2. The van der Waals surface area contributed by atoms with Crippen molar-refractivity contribution in [3.8, 4) is 0 Å². The molecule has 0 aromatic carbocycles. The number of methoxy groups -OCH3 is 1. The summed E-state index contributed by atoms with van der Waals surface area (Å²) in [5, 5.41) is 8.84. The zero-order chi connectivity index (χ0) is 15.0. The molecule has 0 amide bonds. The van der Waals surface area contributed by atoms with Crippen LogP contribution in [0.1, 0.15) is 26.2 Å². The summed E-state index contributed by atoms with van der Waals surface area (Å²) in [4.78, 5) is 0. The normalized spacial score (nSPS) is 23.2. The van der Waals surface area contributed by atoms with Gasteiger partial charge in [-0.15, -0.1) is 0 Å². The monoisotopic (exact) mass is 277 g/mol. The number of aliphatic hydroxyl groups is 1. The van der Waals surface area contributed by atoms with Crippen LogP contribution in [0.4, 0.5) is 0 Å². The van der Waals surface area contributed by atoms with E-state index in [1.165, 1.54) is 12.0 Å². The van der Waals surface area contributed by atoms with Gasteiger partial charge in [-0.25, -0.2) is 0 Å². The third kappa shape index (κ3) is 5.76. The van der Waals surface area contributed by atoms with Crippen molar-refractivity contribution in [1.29, 1.82) is 0 Å². The fourth-order valence-corrected chi connectivity index (χ4v) is 2.45. The first-order chi connectivity index (χ1) is 9.62. The second kappa shape index (κ2) is 8.77. The minimum atomic E-state index is 0.300. The summed E-state index contributed by atoms with van der Waals surface area (Å²) in [6.45, 7) is 6.97. The summed E-state index contributed by atoms with van der Waals surface area (Å²) in [6, 6.07) is 0. The Morgan fingerprint density at radius 3 is 2.80 bits per heavy atom. The molecule has 0 radical (unpaired) electrons. The van der Waals surface area contributed by atoms with Gasteiger partial charge in [0, 0.05) is 13.2 Å². The van der Waals surface area contributed by atoms with Gasteiger partial charge in [0.1, 0.15) is 5.76 Å². The minimum Gasteiger partial charge on any atom is -0.497 e. The summed E-state index contributed by atoms with van der Waals surface area (Å²) >= 11 is 0. The fourth-order valence-electron chi connectivity index (χ4n) is 2.45. The van der Waals surface area contributed by atoms with Gasteiger partial charge in [0.2, 0.25) is 0 Å². The number of rotatable bonds is 9. The van der Waals surface area contributed by atoms with Crippen LogP contribution in [0.2, 0.25) is 0 Å². The minimum absolute atomic E-state index is 0.300. The summed E-state index contributed by atoms with van der Waals surface area (Å²) in [5.74, 6) is 2.18. The first-order valence-electron chi connectivity index (χ1n) is 7.22. The zero-order valence-corrected chi connectivity index (χ0v) is 12.6. The third-order valence-electron chi connectivity index (χ3n) is 3.67. The van der Waals surface area contributed by atoms with Crippen LogP contribution in [-0.2, 0) is 4.74 Å². The molecule has 3 N–H and O–H groups in total. The number of nitrogens with two attached hydrogens (primary N) is 1. The van der Waals surface area contributed by atoms with Gasteiger partial charge in [0.05, 0.1) is 7.11 Å². The van der Waals surface area contributed by atoms with Crippen molar-refractivity contribution in [2.75, 3.05) is 20.3 Å². The molecule has 2 atom stereocenters. The molecule has 0 spiro atoms. The molecule has 1 rings (SSSR count). The van der Waals surface area contributed by atoms with Gasteiger partial charge in [-0.2, -0.15) is 0 Å². The number of allylic oxidation sites excluding steroid dienone is 5. The Balaban J connectivity index is 2.47. The predicted molar refractivity (Wildman–Crippen MR) is 84.1 cm³/mol. The maximum atomic E-state index is 8.84. The Morgan fingerprint density at radius 1 is 1.45 bits per heavy atom. The highest BCUT2D eigenvalue weighted by Crippen LogP contribution is 2.47. The summed E-state index contributed by atoms with van der Waals surface area (Å²) in [5.41, 5.74) is 7.80. The van der Waals surface area contributed by atoms with Gasteiger partial charge in [-0.1, -0.05) is 24.3 Å². The highest BCUT2D eigenvalue weighted by atomic mass is 16.5. The number of ether oxygens (including phenoxy) is 1. The predicted octanol–water partition coefficient (Wildman–Crippen LogP) is 2.94. The second-order valence-corrected chi connectivity index (χ2v) is 5.31. The molecule has 112 valence electrons. The molecule has 0 saturated heterocycles. The Morgan fingerprint density at radius 2 is 2.20 bits per heavy atom. The van der Waals surface area contributed by atoms with Crippen LogP contribution < -0.4 is 5.73 Å². The topological polar surface area (TPSA) is 55.5 Å². The molecule has 0 aliphatic heterocycles. The molecule has 3 heteroatoms. The van der Waals surface area contributed by atoms with E-state index in [0.717, 1.165) is 30.1 Å². The van der Waals surface area contributed by atoms with Crippen LogP contribution in [0.25, 0.3) is 0 Å². The van der Waals surface area contributed by atoms with Crippen molar-refractivity contribution >= 4 is 0 Å². The van der Waals surface area contributed by atoms with Crippen molar-refractivity contribution in [3.63, 3.8) is 0 Å². The lowest BCUT2D eigenvalue weighted by atomic mass is 10.1. The van der Waals surface area contributed by atoms with Gasteiger partial charge >= 0.3 is 0 Å². The maximum Gasteiger partial charge on any atom is 0.116 e. The molecule has 0 bridgehead atoms. The Kier molecular flexibility index (Phi) is 7.34. The van der Waals surface area contributed by atoms with E-state index in [0.29, 0.717) is 19.1 Å². The average Bonchev–Trinajstić information content (AvgIpc) is 3.20. The largest absolute Gasteiger partial charge is 0.497 e. The SMILES string of the molecule is C=C(/C=C\C(=C/CN)OC)/C=C(\C)C1CC1CCCO. The lowest BCUT2D eigenvalue weighted by molar-refractivity contribution is 0.280. The van der Waals surface area contributed by atoms with Gasteiger partial charge in [-0.3, -0.25) is 0 Å². The molecule has 0 aromatic rings. The van der Waals surface area contributed by atoms with E-state index in [2.05, 4.69) is 19.6 Å². The van der Waals surface area contributed by atoms with Crippen LogP contribution in [0.5, 0.6) is 0 Å². The maximum absolute atomic E-state index is 8.84. The summed E-state index contributed by atoms with van der Waals surface area (Å²) < 4.78 is 5.18. The first-order valence-corrected chi connectivity index (χ1v) is 7.22. The van der Waals surface area contributed by atoms with E-state index in [1.54, 1.807) is 7.11 Å². The fraction of sp³-hybridized carbons (Fsp3) is 0.529. The molecule has 1 fully saturated rings. The molecule has 3 nitrogen and oxygen atoms in total. The van der Waals surface area contributed by atoms with Crippen LogP contribution in [0, 0.1) is 11.8 Å². The molecule has 1 aliphatic rings. The number of hydrogen-bond donors (Lipinski definition) is 2. The smallest absolute Gasteiger partial charge is 0.116 e. The van der Waals surface area contributed by atoms with Gasteiger partial charge in [-0.05, 0) is 55.7 Å². The third-order valence-corrected chi connectivity index (χ3v) is 3.67. The van der Waals surface area contributed by atoms with E-state index < -0.39 is 0 Å². The van der Waals surface area contributed by atoms with Crippen molar-refractivity contribution in [2.45, 2.75) is 26.2 Å². The second-order valence-electron chi connectivity index (χ2n) is 5.31. The quantitative estimate of drug-likeness (QED) is 0.503. The van der Waals surface area contributed by atoms with E-state index in [1.807, 2.05) is 18.2 Å². The van der Waals surface area contributed by atoms with Gasteiger partial charge in [0.25, 0.3) is 0 Å². The number of hydrogen-bond acceptors (Lipinski definition) is 3. The molecule has 0 heterocycles. The van der Waals surface area contributed by atoms with E-state index in [-0.39, 0.29) is 0 Å². The summed E-state index contributed by atoms with van der Waals surface area (Å²) in [7, 11) is 1.63. The van der Waals surface area contributed by atoms with E-state index in [9.17, 15) is 0 Å². The van der Waals surface area contributed by atoms with Crippen LogP contribution in [0.15, 0.2) is 47.8 Å². The molecule has 2 unspecified atom stereocenters. The molecule has 1 saturated carbocycles. The van der Waals surface area contributed by atoms with Crippen molar-refractivity contribution in [3.05, 3.63) is 47.8 Å². The Labute approximate surface area is 122 Å². The van der Waals surface area contributed by atoms with Gasteiger partial charge in [0.15, 0.2) is 0 Å². The van der Waals surface area contributed by atoms with Gasteiger partial charge < -0.3 is 15.6 Å². The van der Waals surface area contributed by atoms with Crippen molar-refractivity contribution in [2.24, 2.45) is 17.6 Å².